The maximum absolute atomic E-state index is 15.7. The first kappa shape index (κ1) is 21.0. The van der Waals surface area contributed by atoms with Crippen LogP contribution in [0.15, 0.2) is 29.3 Å². The Kier molecular flexibility index (Phi) is 4.94. The molecule has 3 saturated carbocycles. The van der Waals surface area contributed by atoms with Crippen molar-refractivity contribution < 1.29 is 18.7 Å². The number of aromatic amines is 1. The third kappa shape index (κ3) is 3.38. The summed E-state index contributed by atoms with van der Waals surface area (Å²) in [6.07, 6.45) is 9.26. The molecule has 4 aromatic rings. The number of carboxylic acid groups (broad SMARTS) is 1. The van der Waals surface area contributed by atoms with Crippen LogP contribution in [0.1, 0.15) is 25.7 Å². The maximum atomic E-state index is 15.7. The van der Waals surface area contributed by atoms with Crippen LogP contribution in [0.4, 0.5) is 10.2 Å². The average molecular weight is 484 g/mol. The minimum Gasteiger partial charge on any atom is -0.481 e. The quantitative estimate of drug-likeness (QED) is 0.381. The molecule has 0 radical (unpaired) electrons. The number of oxazole rings is 1. The number of aliphatic carboxylic acids is 1. The van der Waals surface area contributed by atoms with E-state index in [1.54, 1.807) is 6.20 Å². The third-order valence-corrected chi connectivity index (χ3v) is 7.07. The predicted molar refractivity (Wildman–Crippen MR) is 119 cm³/mol. The standard InChI is InChI=1S/C22H19ClFN7O3/c23-12-8-27-20-16(28-12)11(7-26-20)18-30-17(21-25-5-6-34-21)14(24)19(31-18)29-15-10-3-1-9(2-4-10)13(15)22(32)33/h5-10,13,15H,1-4H2,(H,26,27)(H,32,33)(H,29,30,31)/t9?,10?,13-,15-/m0/s1. The van der Waals surface area contributed by atoms with Crippen LogP contribution >= 0.6 is 11.6 Å². The fourth-order valence-corrected chi connectivity index (χ4v) is 5.49. The minimum absolute atomic E-state index is 0.0203. The van der Waals surface area contributed by atoms with Crippen molar-refractivity contribution in [3.8, 4) is 23.0 Å². The molecule has 2 bridgehead atoms. The highest BCUT2D eigenvalue weighted by molar-refractivity contribution is 6.29. The van der Waals surface area contributed by atoms with E-state index in [1.807, 2.05) is 0 Å². The van der Waals surface area contributed by atoms with E-state index in [2.05, 4.69) is 35.2 Å². The molecular formula is C22H19ClFN7O3. The van der Waals surface area contributed by atoms with Gasteiger partial charge < -0.3 is 19.8 Å². The third-order valence-electron chi connectivity index (χ3n) is 6.89. The molecule has 0 aliphatic heterocycles. The molecule has 3 fully saturated rings. The number of nitrogens with one attached hydrogen (secondary N) is 2. The second-order valence-electron chi connectivity index (χ2n) is 8.70. The van der Waals surface area contributed by atoms with Gasteiger partial charge in [-0.15, -0.1) is 0 Å². The number of hydrogen-bond donors (Lipinski definition) is 3. The average Bonchev–Trinajstić information content (AvgIpc) is 3.51. The summed E-state index contributed by atoms with van der Waals surface area (Å²) in [5.41, 5.74) is 1.20. The molecule has 3 aliphatic rings. The zero-order valence-electron chi connectivity index (χ0n) is 17.7. The zero-order chi connectivity index (χ0) is 23.4. The van der Waals surface area contributed by atoms with Gasteiger partial charge in [-0.1, -0.05) is 11.6 Å². The van der Waals surface area contributed by atoms with Crippen molar-refractivity contribution in [2.24, 2.45) is 17.8 Å². The molecule has 0 spiro atoms. The molecule has 34 heavy (non-hydrogen) atoms. The molecule has 3 aliphatic carbocycles. The number of aromatic nitrogens is 6. The van der Waals surface area contributed by atoms with Gasteiger partial charge in [0.2, 0.25) is 5.89 Å². The van der Waals surface area contributed by atoms with E-state index in [9.17, 15) is 9.90 Å². The van der Waals surface area contributed by atoms with Crippen LogP contribution in [-0.4, -0.2) is 47.0 Å². The van der Waals surface area contributed by atoms with Crippen molar-refractivity contribution in [1.29, 1.82) is 0 Å². The molecule has 0 saturated heterocycles. The lowest BCUT2D eigenvalue weighted by Crippen LogP contribution is -2.51. The van der Waals surface area contributed by atoms with Crippen LogP contribution < -0.4 is 5.32 Å². The molecule has 7 rings (SSSR count). The smallest absolute Gasteiger partial charge is 0.308 e. The van der Waals surface area contributed by atoms with Crippen LogP contribution in [0.2, 0.25) is 5.15 Å². The molecular weight excluding hydrogens is 465 g/mol. The molecule has 4 heterocycles. The van der Waals surface area contributed by atoms with E-state index >= 15 is 4.39 Å². The summed E-state index contributed by atoms with van der Waals surface area (Å²) in [7, 11) is 0. The number of carbonyl (C=O) groups is 1. The lowest BCUT2D eigenvalue weighted by atomic mass is 9.61. The van der Waals surface area contributed by atoms with Crippen molar-refractivity contribution >= 4 is 34.6 Å². The lowest BCUT2D eigenvalue weighted by Gasteiger charge is -2.47. The van der Waals surface area contributed by atoms with Gasteiger partial charge in [0, 0.05) is 12.2 Å². The largest absolute Gasteiger partial charge is 0.481 e. The number of hydrogen-bond acceptors (Lipinski definition) is 8. The molecule has 174 valence electrons. The number of fused-ring (bicyclic) bond motifs is 4. The highest BCUT2D eigenvalue weighted by atomic mass is 35.5. The highest BCUT2D eigenvalue weighted by Gasteiger charge is 2.47. The van der Waals surface area contributed by atoms with Gasteiger partial charge in [-0.3, -0.25) is 4.79 Å². The summed E-state index contributed by atoms with van der Waals surface area (Å²) < 4.78 is 21.0. The van der Waals surface area contributed by atoms with E-state index in [1.165, 1.54) is 18.7 Å². The van der Waals surface area contributed by atoms with Gasteiger partial charge in [0.15, 0.2) is 28.8 Å². The number of anilines is 1. The molecule has 12 heteroatoms. The number of halogens is 2. The Bertz CT molecular complexity index is 1380. The monoisotopic (exact) mass is 483 g/mol. The molecule has 3 N–H and O–H groups in total. The summed E-state index contributed by atoms with van der Waals surface area (Å²) in [4.78, 5) is 36.4. The number of nitrogens with zero attached hydrogens (tertiary/aromatic N) is 5. The SMILES string of the molecule is O=C(O)[C@H]1C2CCC(CC2)[C@@H]1Nc1nc(-c2c[nH]c3ncc(Cl)nc23)nc(-c2ncco2)c1F. The van der Waals surface area contributed by atoms with Crippen molar-refractivity contribution in [2.75, 3.05) is 5.32 Å². The Morgan fingerprint density at radius 1 is 1.18 bits per heavy atom. The zero-order valence-corrected chi connectivity index (χ0v) is 18.5. The van der Waals surface area contributed by atoms with E-state index in [0.29, 0.717) is 16.7 Å². The normalized spacial score (nSPS) is 23.9. The summed E-state index contributed by atoms with van der Waals surface area (Å²) in [6.45, 7) is 0. The first-order valence-corrected chi connectivity index (χ1v) is 11.3. The van der Waals surface area contributed by atoms with Crippen molar-refractivity contribution in [3.05, 3.63) is 35.8 Å². The highest BCUT2D eigenvalue weighted by Crippen LogP contribution is 2.46. The Hall–Kier alpha value is -3.60. The predicted octanol–water partition coefficient (Wildman–Crippen LogP) is 4.16. The summed E-state index contributed by atoms with van der Waals surface area (Å²) in [6, 6.07) is -0.447. The van der Waals surface area contributed by atoms with Crippen LogP contribution in [0.5, 0.6) is 0 Å². The van der Waals surface area contributed by atoms with Crippen LogP contribution in [-0.2, 0) is 4.79 Å². The Balaban J connectivity index is 1.49. The van der Waals surface area contributed by atoms with E-state index < -0.39 is 23.7 Å². The second-order valence-corrected chi connectivity index (χ2v) is 9.08. The summed E-state index contributed by atoms with van der Waals surface area (Å²) in [5, 5.41) is 13.2. The van der Waals surface area contributed by atoms with E-state index in [4.69, 9.17) is 16.0 Å². The van der Waals surface area contributed by atoms with Crippen molar-refractivity contribution in [1.82, 2.24) is 29.9 Å². The molecule has 10 nitrogen and oxygen atoms in total. The Morgan fingerprint density at radius 3 is 2.71 bits per heavy atom. The van der Waals surface area contributed by atoms with Gasteiger partial charge in [0.1, 0.15) is 16.9 Å². The van der Waals surface area contributed by atoms with Gasteiger partial charge in [0.25, 0.3) is 0 Å². The van der Waals surface area contributed by atoms with Crippen LogP contribution in [0, 0.1) is 23.6 Å². The van der Waals surface area contributed by atoms with Gasteiger partial charge in [-0.25, -0.2) is 29.3 Å². The van der Waals surface area contributed by atoms with Crippen molar-refractivity contribution in [3.63, 3.8) is 0 Å². The molecule has 4 aromatic heterocycles. The van der Waals surface area contributed by atoms with E-state index in [0.717, 1.165) is 25.7 Å². The first-order chi connectivity index (χ1) is 16.5. The minimum atomic E-state index is -0.879. The first-order valence-electron chi connectivity index (χ1n) is 11.0. The number of carboxylic acids is 1. The lowest BCUT2D eigenvalue weighted by molar-refractivity contribution is -0.148. The maximum Gasteiger partial charge on any atom is 0.308 e. The summed E-state index contributed by atoms with van der Waals surface area (Å²) >= 11 is 6.03. The molecule has 2 atom stereocenters. The fraction of sp³-hybridized carbons (Fsp3) is 0.364. The molecule has 0 aromatic carbocycles. The second kappa shape index (κ2) is 8.01. The van der Waals surface area contributed by atoms with Gasteiger partial charge in [0.05, 0.1) is 23.9 Å². The van der Waals surface area contributed by atoms with Crippen LogP contribution in [0.25, 0.3) is 34.1 Å². The summed E-state index contributed by atoms with van der Waals surface area (Å²) in [5.74, 6) is -2.06. The van der Waals surface area contributed by atoms with Gasteiger partial charge >= 0.3 is 5.97 Å². The Labute approximate surface area is 197 Å². The fourth-order valence-electron chi connectivity index (χ4n) is 5.36. The number of H-pyrrole nitrogens is 1. The molecule has 0 unspecified atom stereocenters. The topological polar surface area (TPSA) is 143 Å². The van der Waals surface area contributed by atoms with E-state index in [-0.39, 0.29) is 40.2 Å². The van der Waals surface area contributed by atoms with Gasteiger partial charge in [-0.2, -0.15) is 0 Å². The van der Waals surface area contributed by atoms with Crippen LogP contribution in [0.3, 0.4) is 0 Å². The number of rotatable bonds is 5. The Morgan fingerprint density at radius 2 is 1.97 bits per heavy atom. The molecule has 0 amide bonds. The van der Waals surface area contributed by atoms with Crippen molar-refractivity contribution in [2.45, 2.75) is 31.7 Å². The van der Waals surface area contributed by atoms with Gasteiger partial charge in [-0.05, 0) is 37.5 Å².